The molecule has 2 fully saturated rings. The molecule has 2 aromatic carbocycles. The number of allylic oxidation sites excluding steroid dienone is 2. The van der Waals surface area contributed by atoms with Crippen LogP contribution in [0.4, 0.5) is 5.69 Å². The molecule has 5 rings (SSSR count). The van der Waals surface area contributed by atoms with Crippen molar-refractivity contribution in [1.29, 1.82) is 0 Å². The van der Waals surface area contributed by atoms with E-state index >= 15 is 0 Å². The molecular formula is C24H19NO6. The minimum atomic E-state index is -0.587. The van der Waals surface area contributed by atoms with Crippen molar-refractivity contribution >= 4 is 29.4 Å². The van der Waals surface area contributed by atoms with E-state index < -0.39 is 11.9 Å². The Kier molecular flexibility index (Phi) is 4.46. The number of methoxy groups -OCH3 is 1. The van der Waals surface area contributed by atoms with Crippen LogP contribution in [0.3, 0.4) is 0 Å². The third-order valence-corrected chi connectivity index (χ3v) is 6.32. The summed E-state index contributed by atoms with van der Waals surface area (Å²) in [4.78, 5) is 50.9. The molecule has 0 aromatic heterocycles. The van der Waals surface area contributed by atoms with E-state index in [9.17, 15) is 19.2 Å². The fourth-order valence-electron chi connectivity index (χ4n) is 4.85. The number of hydrogen-bond donors (Lipinski definition) is 0. The maximum atomic E-state index is 12.9. The summed E-state index contributed by atoms with van der Waals surface area (Å²) in [6.45, 7) is 0. The second-order valence-electron chi connectivity index (χ2n) is 7.96. The maximum Gasteiger partial charge on any atom is 0.343 e. The average Bonchev–Trinajstić information content (AvgIpc) is 3.47. The number of fused-ring (bicyclic) bond motifs is 5. The first-order chi connectivity index (χ1) is 15.0. The van der Waals surface area contributed by atoms with Gasteiger partial charge in [-0.05, 0) is 66.8 Å². The molecule has 0 N–H and O–H groups in total. The van der Waals surface area contributed by atoms with E-state index in [0.717, 1.165) is 6.42 Å². The van der Waals surface area contributed by atoms with Crippen LogP contribution in [0, 0.1) is 23.7 Å². The molecule has 1 aliphatic heterocycles. The molecule has 0 unspecified atom stereocenters. The maximum absolute atomic E-state index is 12.9. The van der Waals surface area contributed by atoms with Crippen LogP contribution in [-0.4, -0.2) is 30.9 Å². The van der Waals surface area contributed by atoms with Gasteiger partial charge in [-0.3, -0.25) is 14.5 Å². The highest BCUT2D eigenvalue weighted by atomic mass is 16.5. The predicted octanol–water partition coefficient (Wildman–Crippen LogP) is 3.00. The summed E-state index contributed by atoms with van der Waals surface area (Å²) in [7, 11) is 1.29. The van der Waals surface area contributed by atoms with Crippen molar-refractivity contribution in [1.82, 2.24) is 0 Å². The molecule has 7 nitrogen and oxygen atoms in total. The van der Waals surface area contributed by atoms with Crippen LogP contribution in [0.2, 0.25) is 0 Å². The second kappa shape index (κ2) is 7.19. The van der Waals surface area contributed by atoms with Crippen LogP contribution in [0.1, 0.15) is 27.1 Å². The molecule has 31 heavy (non-hydrogen) atoms. The van der Waals surface area contributed by atoms with Crippen molar-refractivity contribution < 1.29 is 28.7 Å². The van der Waals surface area contributed by atoms with Gasteiger partial charge in [-0.1, -0.05) is 12.2 Å². The summed E-state index contributed by atoms with van der Waals surface area (Å²) < 4.78 is 9.96. The van der Waals surface area contributed by atoms with Crippen molar-refractivity contribution in [3.05, 3.63) is 71.8 Å². The Bertz CT molecular complexity index is 1090. The van der Waals surface area contributed by atoms with Crippen molar-refractivity contribution in [3.8, 4) is 5.75 Å². The van der Waals surface area contributed by atoms with Gasteiger partial charge in [0.25, 0.3) is 0 Å². The lowest BCUT2D eigenvalue weighted by Crippen LogP contribution is -2.32. The lowest BCUT2D eigenvalue weighted by Gasteiger charge is -2.17. The molecule has 1 saturated heterocycles. The molecule has 2 amide bonds. The van der Waals surface area contributed by atoms with Gasteiger partial charge in [0, 0.05) is 0 Å². The highest BCUT2D eigenvalue weighted by molar-refractivity contribution is 6.22. The molecule has 0 spiro atoms. The van der Waals surface area contributed by atoms with E-state index in [4.69, 9.17) is 4.74 Å². The Morgan fingerprint density at radius 1 is 0.806 bits per heavy atom. The number of hydrogen-bond acceptors (Lipinski definition) is 6. The number of esters is 2. The van der Waals surface area contributed by atoms with Gasteiger partial charge in [0.05, 0.1) is 35.8 Å². The number of benzene rings is 2. The van der Waals surface area contributed by atoms with Gasteiger partial charge in [0.15, 0.2) is 0 Å². The Hall–Kier alpha value is -3.74. The highest BCUT2D eigenvalue weighted by Crippen LogP contribution is 2.53. The number of carbonyl (C=O) groups excluding carboxylic acids is 4. The third kappa shape index (κ3) is 3.04. The topological polar surface area (TPSA) is 90.0 Å². The lowest BCUT2D eigenvalue weighted by molar-refractivity contribution is -0.123. The molecule has 156 valence electrons. The molecule has 0 radical (unpaired) electrons. The number of nitrogens with zero attached hydrogens (tertiary/aromatic N) is 1. The van der Waals surface area contributed by atoms with E-state index in [1.54, 1.807) is 12.1 Å². The van der Waals surface area contributed by atoms with Crippen LogP contribution in [0.15, 0.2) is 60.7 Å². The largest absolute Gasteiger partial charge is 0.465 e. The number of amides is 2. The summed E-state index contributed by atoms with van der Waals surface area (Å²) in [5.74, 6) is -1.33. The summed E-state index contributed by atoms with van der Waals surface area (Å²) in [5.41, 5.74) is 1.09. The Morgan fingerprint density at radius 3 is 1.87 bits per heavy atom. The number of anilines is 1. The van der Waals surface area contributed by atoms with E-state index in [-0.39, 0.29) is 46.8 Å². The van der Waals surface area contributed by atoms with Gasteiger partial charge in [-0.15, -0.1) is 0 Å². The first-order valence-electron chi connectivity index (χ1n) is 10.0. The van der Waals surface area contributed by atoms with E-state index in [2.05, 4.69) is 16.9 Å². The van der Waals surface area contributed by atoms with Crippen molar-refractivity contribution in [2.24, 2.45) is 23.7 Å². The third-order valence-electron chi connectivity index (χ3n) is 6.32. The standard InChI is InChI=1S/C24H19NO6/c1-30-23(28)13-6-10-18(11-7-13)31-24(29)14-4-8-17(9-5-14)25-21(26)19-15-2-3-16(12-15)20(19)22(25)27/h2-11,15-16,19-20H,12H2,1H3/t15-,16+,19-,20-/m0/s1. The average molecular weight is 417 g/mol. The van der Waals surface area contributed by atoms with Crippen LogP contribution in [0.25, 0.3) is 0 Å². The molecule has 2 bridgehead atoms. The minimum absolute atomic E-state index is 0.149. The monoisotopic (exact) mass is 417 g/mol. The number of ether oxygens (including phenoxy) is 2. The number of carbonyl (C=O) groups is 4. The first kappa shape index (κ1) is 19.2. The van der Waals surface area contributed by atoms with Gasteiger partial charge in [0.2, 0.25) is 11.8 Å². The zero-order chi connectivity index (χ0) is 21.7. The Balaban J connectivity index is 1.29. The molecule has 7 heteroatoms. The van der Waals surface area contributed by atoms with Crippen molar-refractivity contribution in [2.45, 2.75) is 6.42 Å². The molecule has 2 aliphatic carbocycles. The summed E-state index contributed by atoms with van der Waals surface area (Å²) in [6, 6.07) is 12.2. The van der Waals surface area contributed by atoms with E-state index in [1.807, 2.05) is 0 Å². The van der Waals surface area contributed by atoms with Crippen LogP contribution in [-0.2, 0) is 14.3 Å². The first-order valence-corrected chi connectivity index (χ1v) is 10.0. The predicted molar refractivity (Wildman–Crippen MR) is 109 cm³/mol. The number of imide groups is 1. The van der Waals surface area contributed by atoms with Gasteiger partial charge >= 0.3 is 11.9 Å². The minimum Gasteiger partial charge on any atom is -0.465 e. The summed E-state index contributed by atoms with van der Waals surface area (Å²) in [6.07, 6.45) is 4.99. The highest BCUT2D eigenvalue weighted by Gasteiger charge is 2.59. The van der Waals surface area contributed by atoms with E-state index in [1.165, 1.54) is 48.4 Å². The van der Waals surface area contributed by atoms with Crippen LogP contribution < -0.4 is 9.64 Å². The fourth-order valence-corrected chi connectivity index (χ4v) is 4.85. The zero-order valence-electron chi connectivity index (χ0n) is 16.7. The van der Waals surface area contributed by atoms with Crippen LogP contribution in [0.5, 0.6) is 5.75 Å². The Morgan fingerprint density at radius 2 is 1.32 bits per heavy atom. The lowest BCUT2D eigenvalue weighted by atomic mass is 9.85. The fraction of sp³-hybridized carbons (Fsp3) is 0.250. The summed E-state index contributed by atoms with van der Waals surface area (Å²) >= 11 is 0. The SMILES string of the molecule is COC(=O)c1ccc(OC(=O)c2ccc(N3C(=O)[C@@H]4[C@@H](C3=O)[C@H]3C=C[C@@H]4C3)cc2)cc1. The van der Waals surface area contributed by atoms with Crippen molar-refractivity contribution in [3.63, 3.8) is 0 Å². The van der Waals surface area contributed by atoms with Gasteiger partial charge < -0.3 is 9.47 Å². The van der Waals surface area contributed by atoms with E-state index in [0.29, 0.717) is 11.3 Å². The number of rotatable bonds is 4. The quantitative estimate of drug-likeness (QED) is 0.329. The second-order valence-corrected chi connectivity index (χ2v) is 7.96. The van der Waals surface area contributed by atoms with Gasteiger partial charge in [-0.2, -0.15) is 0 Å². The van der Waals surface area contributed by atoms with Crippen molar-refractivity contribution in [2.75, 3.05) is 12.0 Å². The Labute approximate surface area is 178 Å². The molecule has 4 atom stereocenters. The normalized spacial score (nSPS) is 25.6. The van der Waals surface area contributed by atoms with Gasteiger partial charge in [0.1, 0.15) is 5.75 Å². The molecule has 1 heterocycles. The zero-order valence-corrected chi connectivity index (χ0v) is 16.7. The molecular weight excluding hydrogens is 398 g/mol. The molecule has 2 aromatic rings. The van der Waals surface area contributed by atoms with Crippen LogP contribution >= 0.6 is 0 Å². The molecule has 1 saturated carbocycles. The summed E-state index contributed by atoms with van der Waals surface area (Å²) in [5, 5.41) is 0. The smallest absolute Gasteiger partial charge is 0.343 e. The molecule has 3 aliphatic rings. The van der Waals surface area contributed by atoms with Gasteiger partial charge in [-0.25, -0.2) is 9.59 Å².